The Morgan fingerprint density at radius 3 is 2.35 bits per heavy atom. The minimum Gasteiger partial charge on any atom is -0.488 e. The Hall–Kier alpha value is -3.64. The van der Waals surface area contributed by atoms with Crippen molar-refractivity contribution in [3.8, 4) is 5.75 Å². The van der Waals surface area contributed by atoms with Gasteiger partial charge in [0.25, 0.3) is 0 Å². The smallest absolute Gasteiger partial charge is 0.337 e. The summed E-state index contributed by atoms with van der Waals surface area (Å²) in [7, 11) is 1.35. The molecule has 6 nitrogen and oxygen atoms in total. The van der Waals surface area contributed by atoms with Crippen molar-refractivity contribution in [3.63, 3.8) is 0 Å². The number of rotatable bonds is 8. The zero-order valence-electron chi connectivity index (χ0n) is 16.9. The van der Waals surface area contributed by atoms with Crippen molar-refractivity contribution in [2.75, 3.05) is 7.11 Å². The van der Waals surface area contributed by atoms with Crippen LogP contribution in [0.5, 0.6) is 5.75 Å². The van der Waals surface area contributed by atoms with E-state index in [1.54, 1.807) is 48.5 Å². The molecule has 3 rings (SSSR count). The molecule has 3 aromatic carbocycles. The molecule has 0 unspecified atom stereocenters. The first-order valence-corrected chi connectivity index (χ1v) is 9.88. The normalized spacial score (nSPS) is 10.6. The maximum atomic E-state index is 12.1. The zero-order chi connectivity index (χ0) is 22.1. The maximum Gasteiger partial charge on any atom is 0.337 e. The number of benzene rings is 3. The van der Waals surface area contributed by atoms with Crippen molar-refractivity contribution in [2.24, 2.45) is 5.10 Å². The van der Waals surface area contributed by atoms with Gasteiger partial charge >= 0.3 is 5.97 Å². The summed E-state index contributed by atoms with van der Waals surface area (Å²) in [6, 6.07) is 21.4. The first kappa shape index (κ1) is 22.1. The molecule has 0 saturated heterocycles. The van der Waals surface area contributed by atoms with Crippen LogP contribution in [0.2, 0.25) is 5.02 Å². The van der Waals surface area contributed by atoms with Crippen molar-refractivity contribution in [1.29, 1.82) is 0 Å². The lowest BCUT2D eigenvalue weighted by molar-refractivity contribution is -0.120. The van der Waals surface area contributed by atoms with Gasteiger partial charge < -0.3 is 9.47 Å². The molecule has 0 aliphatic rings. The molecule has 31 heavy (non-hydrogen) atoms. The molecule has 0 atom stereocenters. The van der Waals surface area contributed by atoms with E-state index in [4.69, 9.17) is 21.1 Å². The zero-order valence-corrected chi connectivity index (χ0v) is 17.6. The van der Waals surface area contributed by atoms with Crippen LogP contribution in [0, 0.1) is 0 Å². The molecule has 1 N–H and O–H groups in total. The topological polar surface area (TPSA) is 77.0 Å². The van der Waals surface area contributed by atoms with Gasteiger partial charge in [-0.3, -0.25) is 4.79 Å². The number of carbonyl (C=O) groups excluding carboxylic acids is 2. The Balaban J connectivity index is 1.56. The third-order valence-electron chi connectivity index (χ3n) is 4.36. The highest BCUT2D eigenvalue weighted by Gasteiger charge is 2.06. The Morgan fingerprint density at radius 2 is 1.65 bits per heavy atom. The van der Waals surface area contributed by atoms with E-state index in [0.717, 1.165) is 16.7 Å². The molecule has 158 valence electrons. The van der Waals surface area contributed by atoms with Gasteiger partial charge in [-0.05, 0) is 47.5 Å². The summed E-state index contributed by atoms with van der Waals surface area (Å²) >= 11 is 5.85. The molecular weight excluding hydrogens is 416 g/mol. The molecule has 0 heterocycles. The van der Waals surface area contributed by atoms with E-state index in [1.165, 1.54) is 13.3 Å². The van der Waals surface area contributed by atoms with E-state index in [-0.39, 0.29) is 18.3 Å². The van der Waals surface area contributed by atoms with Crippen LogP contribution < -0.4 is 10.2 Å². The molecular formula is C24H21ClN2O4. The number of hydrogen-bond donors (Lipinski definition) is 1. The van der Waals surface area contributed by atoms with Crippen LogP contribution in [0.3, 0.4) is 0 Å². The van der Waals surface area contributed by atoms with Gasteiger partial charge in [0.1, 0.15) is 12.4 Å². The number of halogens is 1. The highest BCUT2D eigenvalue weighted by Crippen LogP contribution is 2.18. The fraction of sp³-hybridized carbons (Fsp3) is 0.125. The fourth-order valence-electron chi connectivity index (χ4n) is 2.74. The summed E-state index contributed by atoms with van der Waals surface area (Å²) in [5.41, 5.74) is 5.46. The molecule has 0 aliphatic carbocycles. The number of esters is 1. The second kappa shape index (κ2) is 10.9. The van der Waals surface area contributed by atoms with Gasteiger partial charge in [0, 0.05) is 10.6 Å². The van der Waals surface area contributed by atoms with Gasteiger partial charge in [-0.15, -0.1) is 0 Å². The maximum absolute atomic E-state index is 12.1. The lowest BCUT2D eigenvalue weighted by Gasteiger charge is -2.09. The van der Waals surface area contributed by atoms with Gasteiger partial charge in [-0.1, -0.05) is 48.0 Å². The number of ether oxygens (including phenoxy) is 2. The van der Waals surface area contributed by atoms with Gasteiger partial charge in [0.15, 0.2) is 0 Å². The summed E-state index contributed by atoms with van der Waals surface area (Å²) in [6.07, 6.45) is 1.74. The molecule has 7 heteroatoms. The lowest BCUT2D eigenvalue weighted by atomic mass is 10.1. The summed E-state index contributed by atoms with van der Waals surface area (Å²) < 4.78 is 10.6. The summed E-state index contributed by atoms with van der Waals surface area (Å²) in [5.74, 6) is 0.00467. The Kier molecular flexibility index (Phi) is 7.79. The summed E-state index contributed by atoms with van der Waals surface area (Å²) in [6.45, 7) is 0.315. The van der Waals surface area contributed by atoms with Gasteiger partial charge in [0.05, 0.1) is 25.3 Å². The van der Waals surface area contributed by atoms with Crippen molar-refractivity contribution in [3.05, 3.63) is 100 Å². The quantitative estimate of drug-likeness (QED) is 0.322. The monoisotopic (exact) mass is 436 g/mol. The van der Waals surface area contributed by atoms with E-state index in [1.807, 2.05) is 24.3 Å². The Bertz CT molecular complexity index is 1060. The average Bonchev–Trinajstić information content (AvgIpc) is 2.80. The third-order valence-corrected chi connectivity index (χ3v) is 4.61. The highest BCUT2D eigenvalue weighted by atomic mass is 35.5. The SMILES string of the molecule is COC(=O)c1ccc(COc2ccccc2/C=N/NC(=O)Cc2ccc(Cl)cc2)cc1. The molecule has 3 aromatic rings. The Labute approximate surface area is 185 Å². The molecule has 0 aromatic heterocycles. The number of hydrazone groups is 1. The summed E-state index contributed by atoms with van der Waals surface area (Å²) in [5, 5.41) is 4.65. The molecule has 0 fully saturated rings. The molecule has 0 bridgehead atoms. The largest absolute Gasteiger partial charge is 0.488 e. The van der Waals surface area contributed by atoms with E-state index >= 15 is 0 Å². The van der Waals surface area contributed by atoms with E-state index in [0.29, 0.717) is 22.9 Å². The van der Waals surface area contributed by atoms with E-state index in [2.05, 4.69) is 10.5 Å². The van der Waals surface area contributed by atoms with Crippen LogP contribution in [0.4, 0.5) is 0 Å². The molecule has 0 saturated carbocycles. The lowest BCUT2D eigenvalue weighted by Crippen LogP contribution is -2.19. The van der Waals surface area contributed by atoms with Crippen LogP contribution >= 0.6 is 11.6 Å². The van der Waals surface area contributed by atoms with Crippen LogP contribution in [0.25, 0.3) is 0 Å². The van der Waals surface area contributed by atoms with Crippen LogP contribution in [0.1, 0.15) is 27.0 Å². The minimum atomic E-state index is -0.382. The standard InChI is InChI=1S/C24H21ClN2O4/c1-30-24(29)19-10-6-18(7-11-19)16-31-22-5-3-2-4-20(22)15-26-27-23(28)14-17-8-12-21(25)13-9-17/h2-13,15H,14,16H2,1H3,(H,27,28)/b26-15+. The first-order valence-electron chi connectivity index (χ1n) is 9.50. The highest BCUT2D eigenvalue weighted by molar-refractivity contribution is 6.30. The predicted molar refractivity (Wildman–Crippen MR) is 119 cm³/mol. The van der Waals surface area contributed by atoms with E-state index < -0.39 is 0 Å². The molecule has 0 aliphatic heterocycles. The molecule has 0 radical (unpaired) electrons. The predicted octanol–water partition coefficient (Wildman–Crippen LogP) is 4.40. The average molecular weight is 437 g/mol. The van der Waals surface area contributed by atoms with Crippen LogP contribution in [-0.4, -0.2) is 25.2 Å². The molecule has 0 spiro atoms. The number of amides is 1. The van der Waals surface area contributed by atoms with Crippen molar-refractivity contribution >= 4 is 29.7 Å². The van der Waals surface area contributed by atoms with Crippen LogP contribution in [-0.2, 0) is 22.6 Å². The Morgan fingerprint density at radius 1 is 0.968 bits per heavy atom. The second-order valence-corrected chi connectivity index (χ2v) is 7.05. The first-order chi connectivity index (χ1) is 15.0. The fourth-order valence-corrected chi connectivity index (χ4v) is 2.86. The third kappa shape index (κ3) is 6.69. The van der Waals surface area contributed by atoms with Crippen LogP contribution in [0.15, 0.2) is 77.9 Å². The summed E-state index contributed by atoms with van der Waals surface area (Å²) in [4.78, 5) is 23.6. The van der Waals surface area contributed by atoms with Gasteiger partial charge in [-0.25, -0.2) is 10.2 Å². The van der Waals surface area contributed by atoms with Crippen molar-refractivity contribution in [2.45, 2.75) is 13.0 Å². The number of nitrogens with one attached hydrogen (secondary N) is 1. The number of nitrogens with zero attached hydrogens (tertiary/aromatic N) is 1. The molecule has 1 amide bonds. The van der Waals surface area contributed by atoms with Crippen molar-refractivity contribution < 1.29 is 19.1 Å². The van der Waals surface area contributed by atoms with E-state index in [9.17, 15) is 9.59 Å². The number of hydrogen-bond acceptors (Lipinski definition) is 5. The number of methoxy groups -OCH3 is 1. The minimum absolute atomic E-state index is 0.203. The number of carbonyl (C=O) groups is 2. The van der Waals surface area contributed by atoms with Gasteiger partial charge in [-0.2, -0.15) is 5.10 Å². The number of para-hydroxylation sites is 1. The van der Waals surface area contributed by atoms with Gasteiger partial charge in [0.2, 0.25) is 5.91 Å². The van der Waals surface area contributed by atoms with Crippen molar-refractivity contribution in [1.82, 2.24) is 5.43 Å². The second-order valence-electron chi connectivity index (χ2n) is 6.61.